The lowest BCUT2D eigenvalue weighted by Crippen LogP contribution is -2.03. The highest BCUT2D eigenvalue weighted by Crippen LogP contribution is 2.23. The van der Waals surface area contributed by atoms with Crippen LogP contribution in [0.3, 0.4) is 0 Å². The van der Waals surface area contributed by atoms with Gasteiger partial charge < -0.3 is 10.5 Å². The monoisotopic (exact) mass is 191 g/mol. The van der Waals surface area contributed by atoms with Gasteiger partial charge in [-0.3, -0.25) is 0 Å². The molecule has 5 heteroatoms. The van der Waals surface area contributed by atoms with Gasteiger partial charge in [0, 0.05) is 23.4 Å². The fourth-order valence-corrected chi connectivity index (χ4v) is 0.845. The number of anilines is 1. The van der Waals surface area contributed by atoms with Gasteiger partial charge in [0.15, 0.2) is 0 Å². The molecule has 0 amide bonds. The third-order valence-electron chi connectivity index (χ3n) is 1.58. The first kappa shape index (κ1) is 9.70. The fraction of sp³-hybridized carbons (Fsp3) is 0.250. The van der Waals surface area contributed by atoms with E-state index in [1.165, 1.54) is 6.92 Å². The molecule has 0 bridgehead atoms. The van der Waals surface area contributed by atoms with Crippen molar-refractivity contribution in [1.82, 2.24) is 0 Å². The minimum Gasteiger partial charge on any atom is -0.435 e. The number of hydrogen-bond donors (Lipinski definition) is 1. The normalized spacial score (nSPS) is 10.5. The first-order valence-electron chi connectivity index (χ1n) is 3.51. The van der Waals surface area contributed by atoms with Gasteiger partial charge in [-0.05, 0) is 6.92 Å². The van der Waals surface area contributed by atoms with Crippen LogP contribution in [0.15, 0.2) is 12.1 Å². The van der Waals surface area contributed by atoms with E-state index >= 15 is 0 Å². The molecular weight excluding hydrogens is 183 g/mol. The summed E-state index contributed by atoms with van der Waals surface area (Å²) in [6.07, 6.45) is 0. The number of ether oxygens (including phenoxy) is 1. The number of rotatable bonds is 2. The number of hydrogen-bond acceptors (Lipinski definition) is 2. The number of halogens is 3. The smallest absolute Gasteiger partial charge is 0.387 e. The van der Waals surface area contributed by atoms with E-state index in [2.05, 4.69) is 4.74 Å². The Morgan fingerprint density at radius 1 is 1.38 bits per heavy atom. The zero-order valence-electron chi connectivity index (χ0n) is 6.85. The Balaban J connectivity index is 2.99. The van der Waals surface area contributed by atoms with Crippen molar-refractivity contribution >= 4 is 5.69 Å². The molecule has 0 heterocycles. The molecule has 1 rings (SSSR count). The summed E-state index contributed by atoms with van der Waals surface area (Å²) < 4.78 is 40.3. The molecule has 0 aliphatic rings. The highest BCUT2D eigenvalue weighted by Gasteiger charge is 2.09. The molecule has 0 atom stereocenters. The molecular formula is C8H8F3NO. The molecule has 0 fully saturated rings. The van der Waals surface area contributed by atoms with Crippen LogP contribution in [0.5, 0.6) is 5.75 Å². The zero-order chi connectivity index (χ0) is 10.0. The quantitative estimate of drug-likeness (QED) is 0.728. The summed E-state index contributed by atoms with van der Waals surface area (Å²) >= 11 is 0. The minimum absolute atomic E-state index is 0.0932. The van der Waals surface area contributed by atoms with Gasteiger partial charge in [-0.15, -0.1) is 0 Å². The Bertz CT molecular complexity index is 291. The molecule has 0 unspecified atom stereocenters. The van der Waals surface area contributed by atoms with Gasteiger partial charge in [0.25, 0.3) is 0 Å². The molecule has 0 spiro atoms. The molecule has 2 nitrogen and oxygen atoms in total. The summed E-state index contributed by atoms with van der Waals surface area (Å²) in [6, 6.07) is 2.03. The molecule has 0 aliphatic heterocycles. The van der Waals surface area contributed by atoms with Crippen molar-refractivity contribution in [2.75, 3.05) is 5.73 Å². The van der Waals surface area contributed by atoms with Crippen molar-refractivity contribution in [3.05, 3.63) is 23.5 Å². The SMILES string of the molecule is Cc1c(N)cc(OC(F)F)cc1F. The molecule has 1 aromatic carbocycles. The molecule has 0 saturated heterocycles. The lowest BCUT2D eigenvalue weighted by atomic mass is 10.2. The molecule has 2 N–H and O–H groups in total. The summed E-state index contributed by atoms with van der Waals surface area (Å²) in [5, 5.41) is 0. The predicted octanol–water partition coefficient (Wildman–Crippen LogP) is 2.32. The topological polar surface area (TPSA) is 35.2 Å². The molecule has 0 saturated carbocycles. The summed E-state index contributed by atoms with van der Waals surface area (Å²) in [6.45, 7) is -1.52. The van der Waals surface area contributed by atoms with Crippen molar-refractivity contribution in [2.24, 2.45) is 0 Å². The average Bonchev–Trinajstić information content (AvgIpc) is 1.98. The predicted molar refractivity (Wildman–Crippen MR) is 42.2 cm³/mol. The highest BCUT2D eigenvalue weighted by atomic mass is 19.3. The first-order chi connectivity index (χ1) is 6.00. The largest absolute Gasteiger partial charge is 0.435 e. The third-order valence-corrected chi connectivity index (χ3v) is 1.58. The van der Waals surface area contributed by atoms with E-state index in [0.29, 0.717) is 0 Å². The maximum Gasteiger partial charge on any atom is 0.387 e. The fourth-order valence-electron chi connectivity index (χ4n) is 0.845. The van der Waals surface area contributed by atoms with Gasteiger partial charge >= 0.3 is 6.61 Å². The van der Waals surface area contributed by atoms with Crippen molar-refractivity contribution in [3.8, 4) is 5.75 Å². The lowest BCUT2D eigenvalue weighted by Gasteiger charge is -2.07. The number of alkyl halides is 2. The second-order valence-corrected chi connectivity index (χ2v) is 2.50. The van der Waals surface area contributed by atoms with E-state index in [4.69, 9.17) is 5.73 Å². The Labute approximate surface area is 73.1 Å². The molecule has 1 aromatic rings. The van der Waals surface area contributed by atoms with Crippen LogP contribution in [-0.2, 0) is 0 Å². The summed E-state index contributed by atoms with van der Waals surface area (Å²) in [7, 11) is 0. The van der Waals surface area contributed by atoms with Crippen LogP contribution in [-0.4, -0.2) is 6.61 Å². The van der Waals surface area contributed by atoms with E-state index in [1.54, 1.807) is 0 Å². The van der Waals surface area contributed by atoms with Crippen molar-refractivity contribution in [3.63, 3.8) is 0 Å². The maximum absolute atomic E-state index is 12.9. The van der Waals surface area contributed by atoms with Gasteiger partial charge in [-0.1, -0.05) is 0 Å². The summed E-state index contributed by atoms with van der Waals surface area (Å²) in [5.74, 6) is -0.925. The molecule has 0 aromatic heterocycles. The molecule has 0 aliphatic carbocycles. The zero-order valence-corrected chi connectivity index (χ0v) is 6.85. The molecule has 72 valence electrons. The molecule has 13 heavy (non-hydrogen) atoms. The van der Waals surface area contributed by atoms with E-state index in [1.807, 2.05) is 0 Å². The van der Waals surface area contributed by atoms with Crippen LogP contribution in [0.2, 0.25) is 0 Å². The highest BCUT2D eigenvalue weighted by molar-refractivity contribution is 5.51. The van der Waals surface area contributed by atoms with Crippen LogP contribution >= 0.6 is 0 Å². The molecule has 0 radical (unpaired) electrons. The van der Waals surface area contributed by atoms with E-state index in [-0.39, 0.29) is 17.0 Å². The van der Waals surface area contributed by atoms with Gasteiger partial charge in [-0.2, -0.15) is 8.78 Å². The van der Waals surface area contributed by atoms with Crippen LogP contribution in [0.25, 0.3) is 0 Å². The number of nitrogens with two attached hydrogens (primary N) is 1. The van der Waals surface area contributed by atoms with Gasteiger partial charge in [-0.25, -0.2) is 4.39 Å². The van der Waals surface area contributed by atoms with Gasteiger partial charge in [0.05, 0.1) is 0 Å². The Kier molecular flexibility index (Phi) is 2.65. The van der Waals surface area contributed by atoms with Gasteiger partial charge in [0.2, 0.25) is 0 Å². The summed E-state index contributed by atoms with van der Waals surface area (Å²) in [5.41, 5.74) is 5.65. The number of nitrogen functional groups attached to an aromatic ring is 1. The van der Waals surface area contributed by atoms with Crippen LogP contribution in [0.1, 0.15) is 5.56 Å². The Hall–Kier alpha value is -1.39. The third kappa shape index (κ3) is 2.27. The van der Waals surface area contributed by atoms with Crippen LogP contribution in [0, 0.1) is 12.7 Å². The van der Waals surface area contributed by atoms with E-state index in [9.17, 15) is 13.2 Å². The minimum atomic E-state index is -2.97. The first-order valence-corrected chi connectivity index (χ1v) is 3.51. The Morgan fingerprint density at radius 3 is 2.46 bits per heavy atom. The van der Waals surface area contributed by atoms with Crippen LogP contribution < -0.4 is 10.5 Å². The standard InChI is InChI=1S/C8H8F3NO/c1-4-6(9)2-5(3-7(4)12)13-8(10)11/h2-3,8H,12H2,1H3. The Morgan fingerprint density at radius 2 is 2.00 bits per heavy atom. The number of benzene rings is 1. The lowest BCUT2D eigenvalue weighted by molar-refractivity contribution is -0.0499. The van der Waals surface area contributed by atoms with E-state index < -0.39 is 12.4 Å². The average molecular weight is 191 g/mol. The van der Waals surface area contributed by atoms with Gasteiger partial charge in [0.1, 0.15) is 11.6 Å². The second kappa shape index (κ2) is 3.55. The second-order valence-electron chi connectivity index (χ2n) is 2.50. The van der Waals surface area contributed by atoms with Crippen molar-refractivity contribution < 1.29 is 17.9 Å². The summed E-state index contributed by atoms with van der Waals surface area (Å²) in [4.78, 5) is 0. The van der Waals surface area contributed by atoms with E-state index in [0.717, 1.165) is 12.1 Å². The van der Waals surface area contributed by atoms with Crippen LogP contribution in [0.4, 0.5) is 18.9 Å². The van der Waals surface area contributed by atoms with Crippen molar-refractivity contribution in [2.45, 2.75) is 13.5 Å². The maximum atomic E-state index is 12.9. The van der Waals surface area contributed by atoms with Crippen molar-refractivity contribution in [1.29, 1.82) is 0 Å².